The van der Waals surface area contributed by atoms with Crippen LogP contribution >= 0.6 is 0 Å². The molecule has 0 radical (unpaired) electrons. The fraction of sp³-hybridized carbons (Fsp3) is 0.789. The summed E-state index contributed by atoms with van der Waals surface area (Å²) in [7, 11) is 0. The van der Waals surface area contributed by atoms with E-state index in [1.165, 1.54) is 0 Å². The van der Waals surface area contributed by atoms with Crippen LogP contribution in [0.15, 0.2) is 0 Å². The lowest BCUT2D eigenvalue weighted by Crippen LogP contribution is -2.54. The SMILES string of the molecule is CCC(NC(=O)C1CCCCC1C(=O)O)NC(=O)C1CC([N+](=O)[O-])CCC1C(=O)O. The van der Waals surface area contributed by atoms with E-state index in [2.05, 4.69) is 10.6 Å². The highest BCUT2D eigenvalue weighted by atomic mass is 16.6. The highest BCUT2D eigenvalue weighted by molar-refractivity contribution is 5.87. The van der Waals surface area contributed by atoms with E-state index in [0.717, 1.165) is 12.8 Å². The number of carboxylic acids is 2. The van der Waals surface area contributed by atoms with Gasteiger partial charge in [-0.1, -0.05) is 19.8 Å². The highest BCUT2D eigenvalue weighted by Gasteiger charge is 2.44. The lowest BCUT2D eigenvalue weighted by molar-refractivity contribution is -0.528. The van der Waals surface area contributed by atoms with E-state index in [-0.39, 0.29) is 19.3 Å². The van der Waals surface area contributed by atoms with Crippen molar-refractivity contribution < 1.29 is 34.3 Å². The molecular weight excluding hydrogens is 398 g/mol. The predicted octanol–water partition coefficient (Wildman–Crippen LogP) is 0.992. The van der Waals surface area contributed by atoms with Crippen LogP contribution in [0, 0.1) is 33.8 Å². The van der Waals surface area contributed by atoms with Gasteiger partial charge in [-0.15, -0.1) is 0 Å². The quantitative estimate of drug-likeness (QED) is 0.252. The normalized spacial score (nSPS) is 30.0. The molecule has 0 aromatic heterocycles. The Balaban J connectivity index is 2.04. The first-order valence-corrected chi connectivity index (χ1v) is 10.4. The number of aliphatic carboxylic acids is 2. The van der Waals surface area contributed by atoms with Crippen molar-refractivity contribution in [2.75, 3.05) is 0 Å². The van der Waals surface area contributed by atoms with Crippen LogP contribution in [0.2, 0.25) is 0 Å². The van der Waals surface area contributed by atoms with Gasteiger partial charge in [-0.05, 0) is 25.7 Å². The molecule has 0 saturated heterocycles. The Morgan fingerprint density at radius 2 is 1.40 bits per heavy atom. The molecule has 0 aliphatic heterocycles. The molecule has 0 spiro atoms. The number of rotatable bonds is 8. The maximum atomic E-state index is 12.7. The maximum Gasteiger partial charge on any atom is 0.307 e. The standard InChI is InChI=1S/C19H29N3O8/c1-2-15(20-16(23)11-5-3-4-6-12(11)18(25)26)21-17(24)14-9-10(22(29)30)7-8-13(14)19(27)28/h10-15H,2-9H2,1H3,(H,20,23)(H,21,24)(H,25,26)(H,27,28). The number of nitrogens with one attached hydrogen (secondary N) is 2. The molecule has 0 aromatic rings. The van der Waals surface area contributed by atoms with Crippen molar-refractivity contribution in [3.8, 4) is 0 Å². The average molecular weight is 427 g/mol. The molecule has 4 N–H and O–H groups in total. The first-order chi connectivity index (χ1) is 14.1. The number of hydrogen-bond acceptors (Lipinski definition) is 6. The van der Waals surface area contributed by atoms with Gasteiger partial charge in [0.15, 0.2) is 0 Å². The van der Waals surface area contributed by atoms with Crippen molar-refractivity contribution in [1.82, 2.24) is 10.6 Å². The Hall–Kier alpha value is -2.72. The number of carbonyl (C=O) groups excluding carboxylic acids is 2. The van der Waals surface area contributed by atoms with Crippen LogP contribution < -0.4 is 10.6 Å². The van der Waals surface area contributed by atoms with E-state index < -0.39 is 64.6 Å². The van der Waals surface area contributed by atoms with Gasteiger partial charge >= 0.3 is 11.9 Å². The molecule has 2 fully saturated rings. The first-order valence-electron chi connectivity index (χ1n) is 10.4. The Labute approximate surface area is 173 Å². The molecular formula is C19H29N3O8. The summed E-state index contributed by atoms with van der Waals surface area (Å²) >= 11 is 0. The molecule has 11 nitrogen and oxygen atoms in total. The van der Waals surface area contributed by atoms with Crippen LogP contribution in [0.5, 0.6) is 0 Å². The molecule has 6 atom stereocenters. The van der Waals surface area contributed by atoms with Crippen molar-refractivity contribution in [1.29, 1.82) is 0 Å². The summed E-state index contributed by atoms with van der Waals surface area (Å²) in [6.45, 7) is 1.70. The minimum absolute atomic E-state index is 0.0323. The highest BCUT2D eigenvalue weighted by Crippen LogP contribution is 2.33. The molecule has 30 heavy (non-hydrogen) atoms. The maximum absolute atomic E-state index is 12.7. The van der Waals surface area contributed by atoms with Crippen LogP contribution in [0.1, 0.15) is 58.3 Å². The lowest BCUT2D eigenvalue weighted by atomic mass is 9.76. The topological polar surface area (TPSA) is 176 Å². The molecule has 2 rings (SSSR count). The summed E-state index contributed by atoms with van der Waals surface area (Å²) in [6.07, 6.45) is 1.79. The molecule has 6 unspecified atom stereocenters. The van der Waals surface area contributed by atoms with E-state index in [1.807, 2.05) is 0 Å². The molecule has 11 heteroatoms. The summed E-state index contributed by atoms with van der Waals surface area (Å²) in [6, 6.07) is -0.982. The van der Waals surface area contributed by atoms with Crippen molar-refractivity contribution in [3.05, 3.63) is 10.1 Å². The number of nitro groups is 1. The number of carboxylic acid groups (broad SMARTS) is 2. The van der Waals surface area contributed by atoms with E-state index in [0.29, 0.717) is 19.3 Å². The van der Waals surface area contributed by atoms with Crippen molar-refractivity contribution in [2.45, 2.75) is 70.5 Å². The minimum Gasteiger partial charge on any atom is -0.481 e. The summed E-state index contributed by atoms with van der Waals surface area (Å²) in [5.41, 5.74) is 0. The summed E-state index contributed by atoms with van der Waals surface area (Å²) in [5, 5.41) is 35.1. The van der Waals surface area contributed by atoms with Gasteiger partial charge in [-0.25, -0.2) is 0 Å². The smallest absolute Gasteiger partial charge is 0.307 e. The monoisotopic (exact) mass is 427 g/mol. The zero-order chi connectivity index (χ0) is 22.4. The molecule has 0 bridgehead atoms. The zero-order valence-electron chi connectivity index (χ0n) is 16.9. The van der Waals surface area contributed by atoms with Crippen molar-refractivity contribution in [2.24, 2.45) is 23.7 Å². The molecule has 2 saturated carbocycles. The molecule has 2 amide bonds. The van der Waals surface area contributed by atoms with Crippen LogP contribution in [0.4, 0.5) is 0 Å². The Kier molecular flexibility index (Phi) is 8.13. The first kappa shape index (κ1) is 23.6. The summed E-state index contributed by atoms with van der Waals surface area (Å²) in [5.74, 6) is -6.88. The van der Waals surface area contributed by atoms with Crippen molar-refractivity contribution >= 4 is 23.8 Å². The van der Waals surface area contributed by atoms with Crippen LogP contribution in [-0.4, -0.2) is 51.1 Å². The summed E-state index contributed by atoms with van der Waals surface area (Å²) < 4.78 is 0. The fourth-order valence-electron chi connectivity index (χ4n) is 4.46. The second-order valence-corrected chi connectivity index (χ2v) is 8.12. The van der Waals surface area contributed by atoms with Crippen LogP contribution in [-0.2, 0) is 19.2 Å². The lowest BCUT2D eigenvalue weighted by Gasteiger charge is -2.32. The van der Waals surface area contributed by atoms with E-state index in [4.69, 9.17) is 0 Å². The summed E-state index contributed by atoms with van der Waals surface area (Å²) in [4.78, 5) is 58.9. The second kappa shape index (κ2) is 10.4. The molecule has 2 aliphatic carbocycles. The predicted molar refractivity (Wildman–Crippen MR) is 103 cm³/mol. The van der Waals surface area contributed by atoms with E-state index in [1.54, 1.807) is 6.92 Å². The Bertz CT molecular complexity index is 697. The third-order valence-electron chi connectivity index (χ3n) is 6.24. The number of nitrogens with zero attached hydrogens (tertiary/aromatic N) is 1. The van der Waals surface area contributed by atoms with Gasteiger partial charge in [0.1, 0.15) is 6.17 Å². The third-order valence-corrected chi connectivity index (χ3v) is 6.24. The Morgan fingerprint density at radius 3 is 1.90 bits per heavy atom. The van der Waals surface area contributed by atoms with Gasteiger partial charge in [0.05, 0.1) is 23.7 Å². The van der Waals surface area contributed by atoms with Gasteiger partial charge in [-0.2, -0.15) is 0 Å². The number of amides is 2. The molecule has 168 valence electrons. The van der Waals surface area contributed by atoms with Gasteiger partial charge in [-0.3, -0.25) is 29.3 Å². The Morgan fingerprint density at radius 1 is 0.900 bits per heavy atom. The zero-order valence-corrected chi connectivity index (χ0v) is 16.9. The third kappa shape index (κ3) is 5.67. The van der Waals surface area contributed by atoms with Crippen molar-refractivity contribution in [3.63, 3.8) is 0 Å². The fourth-order valence-corrected chi connectivity index (χ4v) is 4.46. The molecule has 0 aromatic carbocycles. The van der Waals surface area contributed by atoms with E-state index >= 15 is 0 Å². The van der Waals surface area contributed by atoms with Gasteiger partial charge in [0, 0.05) is 17.8 Å². The van der Waals surface area contributed by atoms with Crippen LogP contribution in [0.25, 0.3) is 0 Å². The molecule has 0 heterocycles. The van der Waals surface area contributed by atoms with Gasteiger partial charge in [0.2, 0.25) is 17.9 Å². The largest absolute Gasteiger partial charge is 0.481 e. The number of hydrogen-bond donors (Lipinski definition) is 4. The van der Waals surface area contributed by atoms with Gasteiger partial charge < -0.3 is 20.8 Å². The average Bonchev–Trinajstić information content (AvgIpc) is 2.72. The molecule has 2 aliphatic rings. The minimum atomic E-state index is -1.18. The number of carbonyl (C=O) groups is 4. The van der Waals surface area contributed by atoms with Gasteiger partial charge in [0.25, 0.3) is 0 Å². The second-order valence-electron chi connectivity index (χ2n) is 8.12. The van der Waals surface area contributed by atoms with Crippen LogP contribution in [0.3, 0.4) is 0 Å². The van der Waals surface area contributed by atoms with E-state index in [9.17, 15) is 39.5 Å².